The van der Waals surface area contributed by atoms with Gasteiger partial charge in [-0.1, -0.05) is 48.5 Å². The number of rotatable bonds is 4. The molecule has 0 saturated heterocycles. The van der Waals surface area contributed by atoms with E-state index in [0.29, 0.717) is 18.1 Å². The minimum absolute atomic E-state index is 0.134. The molecule has 2 aromatic carbocycles. The van der Waals surface area contributed by atoms with Gasteiger partial charge in [-0.25, -0.2) is 9.97 Å². The number of nitrogens with zero attached hydrogens (tertiary/aromatic N) is 3. The van der Waals surface area contributed by atoms with E-state index in [4.69, 9.17) is 0 Å². The second-order valence-electron chi connectivity index (χ2n) is 5.20. The molecular weight excluding hydrogens is 286 g/mol. The van der Waals surface area contributed by atoms with E-state index in [9.17, 15) is 4.79 Å². The Kier molecular flexibility index (Phi) is 4.43. The number of aryl methyl sites for hydroxylation is 1. The number of amides is 1. The van der Waals surface area contributed by atoms with Gasteiger partial charge < -0.3 is 4.90 Å². The van der Waals surface area contributed by atoms with Gasteiger partial charge in [0.2, 0.25) is 0 Å². The van der Waals surface area contributed by atoms with Gasteiger partial charge in [-0.2, -0.15) is 0 Å². The Morgan fingerprint density at radius 2 is 1.61 bits per heavy atom. The SMILES string of the molecule is Cc1nccc(C(=O)N(Cc2ccccc2)c2ccccc2)n1. The Bertz CT molecular complexity index is 788. The normalized spacial score (nSPS) is 10.3. The lowest BCUT2D eigenvalue weighted by Gasteiger charge is -2.22. The minimum atomic E-state index is -0.134. The molecule has 0 aliphatic rings. The largest absolute Gasteiger partial charge is 0.303 e. The van der Waals surface area contributed by atoms with Crippen molar-refractivity contribution in [2.45, 2.75) is 13.5 Å². The van der Waals surface area contributed by atoms with Crippen LogP contribution in [0.2, 0.25) is 0 Å². The third-order valence-corrected chi connectivity index (χ3v) is 3.49. The Balaban J connectivity index is 1.96. The lowest BCUT2D eigenvalue weighted by Crippen LogP contribution is -2.31. The summed E-state index contributed by atoms with van der Waals surface area (Å²) in [5.74, 6) is 0.453. The Morgan fingerprint density at radius 3 is 2.26 bits per heavy atom. The number of hydrogen-bond donors (Lipinski definition) is 0. The molecule has 114 valence electrons. The van der Waals surface area contributed by atoms with E-state index >= 15 is 0 Å². The Hall–Kier alpha value is -3.01. The predicted molar refractivity (Wildman–Crippen MR) is 90.2 cm³/mol. The van der Waals surface area contributed by atoms with Crippen molar-refractivity contribution in [2.75, 3.05) is 4.90 Å². The third kappa shape index (κ3) is 3.61. The quantitative estimate of drug-likeness (QED) is 0.739. The molecule has 0 atom stereocenters. The van der Waals surface area contributed by atoms with Gasteiger partial charge in [0.15, 0.2) is 0 Å². The summed E-state index contributed by atoms with van der Waals surface area (Å²) >= 11 is 0. The van der Waals surface area contributed by atoms with Crippen molar-refractivity contribution < 1.29 is 4.79 Å². The smallest absolute Gasteiger partial charge is 0.277 e. The first-order chi connectivity index (χ1) is 11.2. The van der Waals surface area contributed by atoms with Crippen molar-refractivity contribution >= 4 is 11.6 Å². The topological polar surface area (TPSA) is 46.1 Å². The number of aromatic nitrogens is 2. The van der Waals surface area contributed by atoms with Crippen LogP contribution in [-0.2, 0) is 6.54 Å². The molecule has 3 aromatic rings. The van der Waals surface area contributed by atoms with Crippen LogP contribution in [-0.4, -0.2) is 15.9 Å². The number of carbonyl (C=O) groups is 1. The molecule has 0 aliphatic carbocycles. The van der Waals surface area contributed by atoms with E-state index in [2.05, 4.69) is 9.97 Å². The fourth-order valence-corrected chi connectivity index (χ4v) is 2.37. The summed E-state index contributed by atoms with van der Waals surface area (Å²) in [6.07, 6.45) is 1.61. The molecule has 0 radical (unpaired) electrons. The van der Waals surface area contributed by atoms with Crippen LogP contribution in [0.1, 0.15) is 21.9 Å². The summed E-state index contributed by atoms with van der Waals surface area (Å²) in [5, 5.41) is 0. The summed E-state index contributed by atoms with van der Waals surface area (Å²) in [5.41, 5.74) is 2.31. The summed E-state index contributed by atoms with van der Waals surface area (Å²) in [6.45, 7) is 2.27. The van der Waals surface area contributed by atoms with Crippen LogP contribution in [0.5, 0.6) is 0 Å². The molecule has 4 heteroatoms. The first kappa shape index (κ1) is 14.9. The molecule has 1 aromatic heterocycles. The zero-order valence-corrected chi connectivity index (χ0v) is 12.9. The van der Waals surface area contributed by atoms with Crippen molar-refractivity contribution in [2.24, 2.45) is 0 Å². The molecule has 0 unspecified atom stereocenters. The molecule has 0 N–H and O–H groups in total. The van der Waals surface area contributed by atoms with Crippen molar-refractivity contribution in [3.63, 3.8) is 0 Å². The highest BCUT2D eigenvalue weighted by atomic mass is 16.2. The zero-order chi connectivity index (χ0) is 16.1. The highest BCUT2D eigenvalue weighted by Gasteiger charge is 2.19. The first-order valence-electron chi connectivity index (χ1n) is 7.44. The number of benzene rings is 2. The average Bonchev–Trinajstić information content (AvgIpc) is 2.61. The van der Waals surface area contributed by atoms with Crippen LogP contribution in [0.15, 0.2) is 72.9 Å². The molecule has 0 spiro atoms. The van der Waals surface area contributed by atoms with E-state index in [-0.39, 0.29) is 5.91 Å². The molecule has 3 rings (SSSR count). The van der Waals surface area contributed by atoms with Crippen molar-refractivity contribution in [1.82, 2.24) is 9.97 Å². The summed E-state index contributed by atoms with van der Waals surface area (Å²) in [6, 6.07) is 21.2. The van der Waals surface area contributed by atoms with Gasteiger partial charge in [-0.15, -0.1) is 0 Å². The summed E-state index contributed by atoms with van der Waals surface area (Å²) in [4.78, 5) is 23.0. The predicted octanol–water partition coefficient (Wildman–Crippen LogP) is 3.63. The molecule has 1 heterocycles. The number of carbonyl (C=O) groups excluding carboxylic acids is 1. The molecule has 0 saturated carbocycles. The van der Waals surface area contributed by atoms with Gasteiger partial charge in [-0.05, 0) is 30.7 Å². The molecule has 0 fully saturated rings. The summed E-state index contributed by atoms with van der Waals surface area (Å²) in [7, 11) is 0. The number of hydrogen-bond acceptors (Lipinski definition) is 3. The fourth-order valence-electron chi connectivity index (χ4n) is 2.37. The molecule has 4 nitrogen and oxygen atoms in total. The first-order valence-corrected chi connectivity index (χ1v) is 7.44. The Labute approximate surface area is 135 Å². The highest BCUT2D eigenvalue weighted by molar-refractivity contribution is 6.04. The maximum atomic E-state index is 12.9. The molecule has 1 amide bonds. The van der Waals surface area contributed by atoms with E-state index in [0.717, 1.165) is 11.3 Å². The van der Waals surface area contributed by atoms with Gasteiger partial charge in [0.25, 0.3) is 5.91 Å². The van der Waals surface area contributed by atoms with Gasteiger partial charge in [0.05, 0.1) is 6.54 Å². The fraction of sp³-hybridized carbons (Fsp3) is 0.105. The molecular formula is C19H17N3O. The van der Waals surface area contributed by atoms with E-state index in [1.807, 2.05) is 60.7 Å². The van der Waals surface area contributed by atoms with Crippen LogP contribution < -0.4 is 4.90 Å². The monoisotopic (exact) mass is 303 g/mol. The molecule has 0 bridgehead atoms. The van der Waals surface area contributed by atoms with Crippen LogP contribution >= 0.6 is 0 Å². The Morgan fingerprint density at radius 1 is 0.957 bits per heavy atom. The van der Waals surface area contributed by atoms with Gasteiger partial charge in [0.1, 0.15) is 11.5 Å². The lowest BCUT2D eigenvalue weighted by atomic mass is 10.2. The van der Waals surface area contributed by atoms with Gasteiger partial charge >= 0.3 is 0 Å². The van der Waals surface area contributed by atoms with E-state index < -0.39 is 0 Å². The third-order valence-electron chi connectivity index (χ3n) is 3.49. The van der Waals surface area contributed by atoms with E-state index in [1.54, 1.807) is 24.1 Å². The lowest BCUT2D eigenvalue weighted by molar-refractivity contribution is 0.0980. The van der Waals surface area contributed by atoms with Crippen molar-refractivity contribution in [3.8, 4) is 0 Å². The van der Waals surface area contributed by atoms with Gasteiger partial charge in [-0.3, -0.25) is 4.79 Å². The standard InChI is InChI=1S/C19H17N3O/c1-15-20-13-12-18(21-15)19(23)22(17-10-6-3-7-11-17)14-16-8-4-2-5-9-16/h2-13H,14H2,1H3. The second-order valence-corrected chi connectivity index (χ2v) is 5.20. The average molecular weight is 303 g/mol. The van der Waals surface area contributed by atoms with Crippen LogP contribution in [0, 0.1) is 6.92 Å². The van der Waals surface area contributed by atoms with Crippen LogP contribution in [0.4, 0.5) is 5.69 Å². The van der Waals surface area contributed by atoms with Crippen molar-refractivity contribution in [3.05, 3.63) is 90.0 Å². The minimum Gasteiger partial charge on any atom is -0.303 e. The van der Waals surface area contributed by atoms with Crippen LogP contribution in [0.3, 0.4) is 0 Å². The molecule has 23 heavy (non-hydrogen) atoms. The van der Waals surface area contributed by atoms with Crippen LogP contribution in [0.25, 0.3) is 0 Å². The van der Waals surface area contributed by atoms with E-state index in [1.165, 1.54) is 0 Å². The maximum absolute atomic E-state index is 12.9. The second kappa shape index (κ2) is 6.83. The number of anilines is 1. The van der Waals surface area contributed by atoms with Crippen molar-refractivity contribution in [1.29, 1.82) is 0 Å². The highest BCUT2D eigenvalue weighted by Crippen LogP contribution is 2.19. The zero-order valence-electron chi connectivity index (χ0n) is 12.9. The maximum Gasteiger partial charge on any atom is 0.277 e. The molecule has 0 aliphatic heterocycles. The number of para-hydroxylation sites is 1. The summed E-state index contributed by atoms with van der Waals surface area (Å²) < 4.78 is 0. The van der Waals surface area contributed by atoms with Gasteiger partial charge in [0, 0.05) is 11.9 Å².